The number of carbonyl (C=O) groups is 1. The van der Waals surface area contributed by atoms with Crippen molar-refractivity contribution in [3.63, 3.8) is 0 Å². The second-order valence-electron chi connectivity index (χ2n) is 6.83. The molecule has 0 saturated carbocycles. The number of nitrogens with zero attached hydrogens (tertiary/aromatic N) is 2. The van der Waals surface area contributed by atoms with Gasteiger partial charge in [-0.1, -0.05) is 35.0 Å². The van der Waals surface area contributed by atoms with Crippen LogP contribution in [0.25, 0.3) is 11.4 Å². The number of benzene rings is 1. The van der Waals surface area contributed by atoms with Crippen LogP contribution in [0.5, 0.6) is 0 Å². The Kier molecular flexibility index (Phi) is 4.64. The largest absolute Gasteiger partial charge is 0.350 e. The normalized spacial score (nSPS) is 22.0. The lowest BCUT2D eigenvalue weighted by Gasteiger charge is -2.23. The number of hydrogen-bond acceptors (Lipinski definition) is 6. The molecule has 1 aromatic heterocycles. The van der Waals surface area contributed by atoms with Crippen molar-refractivity contribution in [3.8, 4) is 11.4 Å². The lowest BCUT2D eigenvalue weighted by Crippen LogP contribution is -2.47. The van der Waals surface area contributed by atoms with Gasteiger partial charge in [0.1, 0.15) is 0 Å². The number of hydrogen-bond donors (Lipinski definition) is 1. The molecule has 1 aromatic carbocycles. The summed E-state index contributed by atoms with van der Waals surface area (Å²) in [6, 6.07) is 7.76. The third-order valence-electron chi connectivity index (χ3n) is 4.29. The molecule has 0 radical (unpaired) electrons. The third-order valence-corrected chi connectivity index (χ3v) is 6.19. The van der Waals surface area contributed by atoms with Crippen LogP contribution in [0.15, 0.2) is 28.8 Å². The third kappa shape index (κ3) is 4.45. The van der Waals surface area contributed by atoms with Gasteiger partial charge in [0.05, 0.1) is 17.0 Å². The number of sulfone groups is 1. The topological polar surface area (TPSA) is 102 Å². The first-order valence-corrected chi connectivity index (χ1v) is 9.98. The predicted molar refractivity (Wildman–Crippen MR) is 92.6 cm³/mol. The van der Waals surface area contributed by atoms with E-state index in [0.29, 0.717) is 24.6 Å². The highest BCUT2D eigenvalue weighted by atomic mass is 32.2. The molecular weight excluding hydrogens is 342 g/mol. The molecule has 1 atom stereocenters. The summed E-state index contributed by atoms with van der Waals surface area (Å²) in [6.45, 7) is 3.76. The van der Waals surface area contributed by atoms with Crippen molar-refractivity contribution >= 4 is 15.7 Å². The summed E-state index contributed by atoms with van der Waals surface area (Å²) >= 11 is 0. The van der Waals surface area contributed by atoms with Gasteiger partial charge in [0.2, 0.25) is 17.6 Å². The molecule has 1 saturated heterocycles. The molecule has 1 aliphatic heterocycles. The fourth-order valence-corrected chi connectivity index (χ4v) is 5.00. The van der Waals surface area contributed by atoms with E-state index in [0.717, 1.165) is 11.1 Å². The van der Waals surface area contributed by atoms with Gasteiger partial charge in [0, 0.05) is 18.4 Å². The number of rotatable bonds is 5. The second kappa shape index (κ2) is 6.59. The van der Waals surface area contributed by atoms with E-state index in [1.165, 1.54) is 0 Å². The maximum Gasteiger partial charge on any atom is 0.227 e. The Labute approximate surface area is 146 Å². The van der Waals surface area contributed by atoms with Crippen molar-refractivity contribution in [2.24, 2.45) is 0 Å². The SMILES string of the molecule is Cc1ccc(-c2noc(CCC(=O)N[C@@]3(C)CCS(=O)(=O)C3)n2)cc1. The zero-order valence-corrected chi connectivity index (χ0v) is 15.1. The van der Waals surface area contributed by atoms with Gasteiger partial charge in [0.15, 0.2) is 9.84 Å². The van der Waals surface area contributed by atoms with Crippen LogP contribution in [-0.2, 0) is 21.1 Å². The Balaban J connectivity index is 1.55. The minimum Gasteiger partial charge on any atom is -0.350 e. The van der Waals surface area contributed by atoms with Crippen LogP contribution >= 0.6 is 0 Å². The van der Waals surface area contributed by atoms with Crippen molar-refractivity contribution in [1.82, 2.24) is 15.5 Å². The van der Waals surface area contributed by atoms with E-state index in [2.05, 4.69) is 15.5 Å². The molecule has 1 N–H and O–H groups in total. The molecule has 134 valence electrons. The zero-order chi connectivity index (χ0) is 18.1. The predicted octanol–water partition coefficient (Wildman–Crippen LogP) is 1.67. The number of amides is 1. The number of aryl methyl sites for hydroxylation is 2. The maximum absolute atomic E-state index is 12.1. The average Bonchev–Trinajstić information content (AvgIpc) is 3.10. The molecule has 0 aliphatic carbocycles. The van der Waals surface area contributed by atoms with E-state index in [-0.39, 0.29) is 23.8 Å². The molecule has 0 bridgehead atoms. The van der Waals surface area contributed by atoms with Crippen LogP contribution in [0.3, 0.4) is 0 Å². The molecule has 8 heteroatoms. The molecule has 1 amide bonds. The number of aromatic nitrogens is 2. The van der Waals surface area contributed by atoms with Gasteiger partial charge >= 0.3 is 0 Å². The van der Waals surface area contributed by atoms with Crippen LogP contribution in [0.2, 0.25) is 0 Å². The Morgan fingerprint density at radius 3 is 2.68 bits per heavy atom. The molecule has 7 nitrogen and oxygen atoms in total. The number of nitrogens with one attached hydrogen (secondary N) is 1. The summed E-state index contributed by atoms with van der Waals surface area (Å²) in [6.07, 6.45) is 0.928. The quantitative estimate of drug-likeness (QED) is 0.867. The van der Waals surface area contributed by atoms with Crippen molar-refractivity contribution in [3.05, 3.63) is 35.7 Å². The van der Waals surface area contributed by atoms with Crippen molar-refractivity contribution in [2.75, 3.05) is 11.5 Å². The first-order chi connectivity index (χ1) is 11.7. The monoisotopic (exact) mass is 363 g/mol. The highest BCUT2D eigenvalue weighted by Gasteiger charge is 2.39. The lowest BCUT2D eigenvalue weighted by atomic mass is 10.0. The van der Waals surface area contributed by atoms with Gasteiger partial charge in [-0.25, -0.2) is 8.42 Å². The Bertz CT molecular complexity index is 874. The Morgan fingerprint density at radius 2 is 2.04 bits per heavy atom. The molecule has 2 aromatic rings. The summed E-state index contributed by atoms with van der Waals surface area (Å²) < 4.78 is 28.4. The Morgan fingerprint density at radius 1 is 1.32 bits per heavy atom. The van der Waals surface area contributed by atoms with E-state index < -0.39 is 15.4 Å². The van der Waals surface area contributed by atoms with Crippen LogP contribution in [-0.4, -0.2) is 41.5 Å². The first kappa shape index (κ1) is 17.6. The van der Waals surface area contributed by atoms with Crippen LogP contribution in [0, 0.1) is 6.92 Å². The van der Waals surface area contributed by atoms with Crippen molar-refractivity contribution in [1.29, 1.82) is 0 Å². The molecule has 3 rings (SSSR count). The van der Waals surface area contributed by atoms with E-state index >= 15 is 0 Å². The average molecular weight is 363 g/mol. The molecule has 2 heterocycles. The van der Waals surface area contributed by atoms with E-state index in [1.807, 2.05) is 31.2 Å². The second-order valence-corrected chi connectivity index (χ2v) is 9.01. The molecule has 1 fully saturated rings. The zero-order valence-electron chi connectivity index (χ0n) is 14.3. The summed E-state index contributed by atoms with van der Waals surface area (Å²) in [5.41, 5.74) is 1.32. The lowest BCUT2D eigenvalue weighted by molar-refractivity contribution is -0.122. The molecule has 0 unspecified atom stereocenters. The fraction of sp³-hybridized carbons (Fsp3) is 0.471. The van der Waals surface area contributed by atoms with E-state index in [9.17, 15) is 13.2 Å². The summed E-state index contributed by atoms with van der Waals surface area (Å²) in [5, 5.41) is 6.75. The minimum absolute atomic E-state index is 0.0101. The maximum atomic E-state index is 12.1. The highest BCUT2D eigenvalue weighted by molar-refractivity contribution is 7.91. The van der Waals surface area contributed by atoms with Gasteiger partial charge in [-0.3, -0.25) is 4.79 Å². The van der Waals surface area contributed by atoms with Crippen molar-refractivity contribution < 1.29 is 17.7 Å². The van der Waals surface area contributed by atoms with Crippen LogP contribution < -0.4 is 5.32 Å². The van der Waals surface area contributed by atoms with E-state index in [4.69, 9.17) is 4.52 Å². The van der Waals surface area contributed by atoms with Gasteiger partial charge in [-0.2, -0.15) is 4.98 Å². The number of carbonyl (C=O) groups excluding carboxylic acids is 1. The highest BCUT2D eigenvalue weighted by Crippen LogP contribution is 2.23. The standard InChI is InChI=1S/C17H21N3O4S/c1-12-3-5-13(6-4-12)16-18-15(24-20-16)8-7-14(21)19-17(2)9-10-25(22,23)11-17/h3-6H,7-11H2,1-2H3,(H,19,21)/t17-/m0/s1. The van der Waals surface area contributed by atoms with Gasteiger partial charge in [0.25, 0.3) is 0 Å². The van der Waals surface area contributed by atoms with Crippen molar-refractivity contribution in [2.45, 2.75) is 38.6 Å². The van der Waals surface area contributed by atoms with Crippen LogP contribution in [0.1, 0.15) is 31.2 Å². The molecule has 0 spiro atoms. The molecular formula is C17H21N3O4S. The first-order valence-electron chi connectivity index (χ1n) is 8.16. The molecule has 25 heavy (non-hydrogen) atoms. The molecule has 1 aliphatic rings. The van der Waals surface area contributed by atoms with Crippen LogP contribution in [0.4, 0.5) is 0 Å². The van der Waals surface area contributed by atoms with Gasteiger partial charge in [-0.05, 0) is 20.3 Å². The fourth-order valence-electron chi connectivity index (χ4n) is 2.90. The smallest absolute Gasteiger partial charge is 0.227 e. The van der Waals surface area contributed by atoms with E-state index in [1.54, 1.807) is 6.92 Å². The van der Waals surface area contributed by atoms with Gasteiger partial charge < -0.3 is 9.84 Å². The summed E-state index contributed by atoms with van der Waals surface area (Å²) in [7, 11) is -3.05. The summed E-state index contributed by atoms with van der Waals surface area (Å²) in [5.74, 6) is 0.769. The minimum atomic E-state index is -3.05. The Hall–Kier alpha value is -2.22. The van der Waals surface area contributed by atoms with Gasteiger partial charge in [-0.15, -0.1) is 0 Å². The summed E-state index contributed by atoms with van der Waals surface area (Å²) in [4.78, 5) is 16.4.